The van der Waals surface area contributed by atoms with Gasteiger partial charge in [0.05, 0.1) is 11.4 Å². The summed E-state index contributed by atoms with van der Waals surface area (Å²) >= 11 is 2.24. The number of nitrogens with one attached hydrogen (secondary N) is 1. The Morgan fingerprint density at radius 3 is 2.94 bits per heavy atom. The number of rotatable bonds is 2. The minimum absolute atomic E-state index is 0.0765. The van der Waals surface area contributed by atoms with Crippen LogP contribution in [-0.2, 0) is 4.79 Å². The van der Waals surface area contributed by atoms with Crippen molar-refractivity contribution in [2.75, 3.05) is 24.2 Å². The van der Waals surface area contributed by atoms with Crippen LogP contribution < -0.4 is 16.0 Å². The molecule has 0 aliphatic carbocycles. The van der Waals surface area contributed by atoms with Crippen LogP contribution in [0.15, 0.2) is 18.2 Å². The first kappa shape index (κ1) is 13.5. The maximum atomic E-state index is 11.9. The molecule has 1 aromatic carbocycles. The molecule has 18 heavy (non-hydrogen) atoms. The van der Waals surface area contributed by atoms with Crippen LogP contribution in [0, 0.1) is 3.57 Å². The van der Waals surface area contributed by atoms with Crippen LogP contribution in [0.3, 0.4) is 0 Å². The molecule has 0 aromatic heterocycles. The number of anilines is 2. The standard InChI is InChI=1S/C13H18IN3O/c1-16-13(18)12-4-2-3-7-17(12)11-6-5-9(14)8-10(11)15/h5-6,8,12H,2-4,7,15H2,1H3,(H,16,18). The Morgan fingerprint density at radius 2 is 2.28 bits per heavy atom. The largest absolute Gasteiger partial charge is 0.397 e. The van der Waals surface area contributed by atoms with Crippen molar-refractivity contribution < 1.29 is 4.79 Å². The van der Waals surface area contributed by atoms with E-state index in [9.17, 15) is 4.79 Å². The molecular formula is C13H18IN3O. The summed E-state index contributed by atoms with van der Waals surface area (Å²) in [6.07, 6.45) is 3.10. The van der Waals surface area contributed by atoms with Crippen molar-refractivity contribution in [1.29, 1.82) is 0 Å². The molecule has 1 amide bonds. The van der Waals surface area contributed by atoms with Gasteiger partial charge in [0.15, 0.2) is 0 Å². The van der Waals surface area contributed by atoms with Gasteiger partial charge < -0.3 is 16.0 Å². The Balaban J connectivity index is 2.30. The fourth-order valence-electron chi connectivity index (χ4n) is 2.45. The molecule has 0 bridgehead atoms. The zero-order valence-corrected chi connectivity index (χ0v) is 12.6. The van der Waals surface area contributed by atoms with Crippen molar-refractivity contribution in [3.63, 3.8) is 0 Å². The van der Waals surface area contributed by atoms with E-state index >= 15 is 0 Å². The molecule has 1 aromatic rings. The summed E-state index contributed by atoms with van der Waals surface area (Å²) in [5.74, 6) is 0.0765. The fraction of sp³-hybridized carbons (Fsp3) is 0.462. The van der Waals surface area contributed by atoms with Gasteiger partial charge in [-0.1, -0.05) is 0 Å². The van der Waals surface area contributed by atoms with E-state index in [1.807, 2.05) is 18.2 Å². The fourth-order valence-corrected chi connectivity index (χ4v) is 2.96. The molecule has 5 heteroatoms. The number of likely N-dealkylation sites (N-methyl/N-ethyl adjacent to an activating group) is 1. The summed E-state index contributed by atoms with van der Waals surface area (Å²) in [6.45, 7) is 0.892. The van der Waals surface area contributed by atoms with Crippen molar-refractivity contribution in [3.8, 4) is 0 Å². The Kier molecular flexibility index (Phi) is 4.31. The number of benzene rings is 1. The summed E-state index contributed by atoms with van der Waals surface area (Å²) in [5, 5.41) is 2.74. The summed E-state index contributed by atoms with van der Waals surface area (Å²) in [5.41, 5.74) is 7.80. The molecule has 1 fully saturated rings. The number of nitrogens with two attached hydrogens (primary N) is 1. The van der Waals surface area contributed by atoms with Gasteiger partial charge in [-0.2, -0.15) is 0 Å². The van der Waals surface area contributed by atoms with Gasteiger partial charge in [-0.05, 0) is 60.1 Å². The second-order valence-electron chi connectivity index (χ2n) is 4.52. The third kappa shape index (κ3) is 2.71. The Hall–Kier alpha value is -0.980. The van der Waals surface area contributed by atoms with E-state index in [0.717, 1.165) is 40.8 Å². The van der Waals surface area contributed by atoms with Gasteiger partial charge >= 0.3 is 0 Å². The second kappa shape index (κ2) is 5.77. The highest BCUT2D eigenvalue weighted by Crippen LogP contribution is 2.30. The highest BCUT2D eigenvalue weighted by molar-refractivity contribution is 14.1. The number of piperidine rings is 1. The number of amides is 1. The van der Waals surface area contributed by atoms with Crippen LogP contribution in [-0.4, -0.2) is 25.5 Å². The highest BCUT2D eigenvalue weighted by Gasteiger charge is 2.29. The van der Waals surface area contributed by atoms with Gasteiger partial charge in [-0.3, -0.25) is 4.79 Å². The van der Waals surface area contributed by atoms with E-state index in [2.05, 4.69) is 32.8 Å². The lowest BCUT2D eigenvalue weighted by Gasteiger charge is -2.36. The first-order chi connectivity index (χ1) is 8.63. The van der Waals surface area contributed by atoms with Crippen LogP contribution in [0.4, 0.5) is 11.4 Å². The number of hydrogen-bond acceptors (Lipinski definition) is 3. The molecular weight excluding hydrogens is 341 g/mol. The number of carbonyl (C=O) groups excluding carboxylic acids is 1. The molecule has 0 spiro atoms. The third-order valence-corrected chi connectivity index (χ3v) is 4.02. The molecule has 3 N–H and O–H groups in total. The summed E-state index contributed by atoms with van der Waals surface area (Å²) in [6, 6.07) is 5.90. The molecule has 2 rings (SSSR count). The lowest BCUT2D eigenvalue weighted by atomic mass is 10.00. The van der Waals surface area contributed by atoms with Crippen molar-refractivity contribution in [2.24, 2.45) is 0 Å². The van der Waals surface area contributed by atoms with E-state index < -0.39 is 0 Å². The molecule has 0 radical (unpaired) electrons. The quantitative estimate of drug-likeness (QED) is 0.627. The van der Waals surface area contributed by atoms with E-state index in [1.54, 1.807) is 7.05 Å². The van der Waals surface area contributed by atoms with Crippen LogP contribution in [0.1, 0.15) is 19.3 Å². The van der Waals surface area contributed by atoms with Crippen molar-refractivity contribution >= 4 is 39.9 Å². The predicted molar refractivity (Wildman–Crippen MR) is 82.6 cm³/mol. The smallest absolute Gasteiger partial charge is 0.242 e. The minimum atomic E-state index is -0.0916. The maximum absolute atomic E-state index is 11.9. The molecule has 0 saturated carbocycles. The van der Waals surface area contributed by atoms with E-state index in [-0.39, 0.29) is 11.9 Å². The van der Waals surface area contributed by atoms with Crippen LogP contribution in [0.25, 0.3) is 0 Å². The van der Waals surface area contributed by atoms with E-state index in [0.29, 0.717) is 0 Å². The van der Waals surface area contributed by atoms with Crippen LogP contribution in [0.5, 0.6) is 0 Å². The van der Waals surface area contributed by atoms with Crippen molar-refractivity contribution in [2.45, 2.75) is 25.3 Å². The summed E-state index contributed by atoms with van der Waals surface area (Å²) < 4.78 is 1.11. The molecule has 98 valence electrons. The van der Waals surface area contributed by atoms with Crippen molar-refractivity contribution in [3.05, 3.63) is 21.8 Å². The van der Waals surface area contributed by atoms with Gasteiger partial charge in [-0.15, -0.1) is 0 Å². The molecule has 1 saturated heterocycles. The maximum Gasteiger partial charge on any atom is 0.242 e. The SMILES string of the molecule is CNC(=O)C1CCCCN1c1ccc(I)cc1N. The Bertz CT molecular complexity index is 450. The average molecular weight is 359 g/mol. The number of halogens is 1. The highest BCUT2D eigenvalue weighted by atomic mass is 127. The monoisotopic (exact) mass is 359 g/mol. The van der Waals surface area contributed by atoms with E-state index in [1.165, 1.54) is 0 Å². The van der Waals surface area contributed by atoms with Crippen LogP contribution in [0.2, 0.25) is 0 Å². The average Bonchev–Trinajstić information content (AvgIpc) is 2.38. The zero-order chi connectivity index (χ0) is 13.1. The lowest BCUT2D eigenvalue weighted by molar-refractivity contribution is -0.122. The number of nitrogens with zero attached hydrogens (tertiary/aromatic N) is 1. The number of nitrogen functional groups attached to an aromatic ring is 1. The van der Waals surface area contributed by atoms with Gasteiger partial charge in [0.2, 0.25) is 5.91 Å². The normalized spacial score (nSPS) is 19.7. The van der Waals surface area contributed by atoms with Crippen molar-refractivity contribution in [1.82, 2.24) is 5.32 Å². The minimum Gasteiger partial charge on any atom is -0.397 e. The van der Waals surface area contributed by atoms with E-state index in [4.69, 9.17) is 5.73 Å². The van der Waals surface area contributed by atoms with Gasteiger partial charge in [0, 0.05) is 17.2 Å². The lowest BCUT2D eigenvalue weighted by Crippen LogP contribution is -2.49. The first-order valence-electron chi connectivity index (χ1n) is 6.16. The number of hydrogen-bond donors (Lipinski definition) is 2. The third-order valence-electron chi connectivity index (χ3n) is 3.35. The summed E-state index contributed by atoms with van der Waals surface area (Å²) in [7, 11) is 1.69. The van der Waals surface area contributed by atoms with Gasteiger partial charge in [-0.25, -0.2) is 0 Å². The summed E-state index contributed by atoms with van der Waals surface area (Å²) in [4.78, 5) is 14.1. The number of carbonyl (C=O) groups is 1. The molecule has 1 atom stereocenters. The second-order valence-corrected chi connectivity index (χ2v) is 5.77. The van der Waals surface area contributed by atoms with Gasteiger partial charge in [0.1, 0.15) is 6.04 Å². The Morgan fingerprint density at radius 1 is 1.50 bits per heavy atom. The van der Waals surface area contributed by atoms with Crippen LogP contribution >= 0.6 is 22.6 Å². The topological polar surface area (TPSA) is 58.4 Å². The molecule has 1 heterocycles. The molecule has 4 nitrogen and oxygen atoms in total. The molecule has 1 aliphatic rings. The molecule has 1 aliphatic heterocycles. The zero-order valence-electron chi connectivity index (χ0n) is 10.4. The van der Waals surface area contributed by atoms with Gasteiger partial charge in [0.25, 0.3) is 0 Å². The predicted octanol–water partition coefficient (Wildman–Crippen LogP) is 1.98. The molecule has 1 unspecified atom stereocenters. The Labute approximate surface area is 121 Å². The first-order valence-corrected chi connectivity index (χ1v) is 7.24.